The van der Waals surface area contributed by atoms with E-state index in [1.165, 1.54) is 0 Å². The first kappa shape index (κ1) is 22.0. The second-order valence-electron chi connectivity index (χ2n) is 11.5. The smallest absolute Gasteiger partial charge is 0.303 e. The standard InChI is InChI=1S/C26H40O4/c1-5-17-21-14-16(27)10-12-26(21,4)20-11-13-25(3)18(15(2)6-9-22(28)29)7-8-19(25)23(20)24(17)30/h5,15-16,18-21,23,27H,6-14H2,1-4H3,(H,28,29)/b17-5-/t15-,16-,18?,19+,20?,21+,23?,25-,26-/m1/s1. The molecule has 0 radical (unpaired) electrons. The maximum atomic E-state index is 13.8. The minimum Gasteiger partial charge on any atom is -0.481 e. The van der Waals surface area contributed by atoms with E-state index in [0.717, 1.165) is 56.9 Å². The summed E-state index contributed by atoms with van der Waals surface area (Å²) in [7, 11) is 0. The van der Waals surface area contributed by atoms with E-state index in [1.54, 1.807) is 0 Å². The first-order chi connectivity index (χ1) is 14.1. The molecule has 4 saturated carbocycles. The predicted octanol–water partition coefficient (Wildman–Crippen LogP) is 5.24. The van der Waals surface area contributed by atoms with Gasteiger partial charge < -0.3 is 10.2 Å². The number of hydrogen-bond acceptors (Lipinski definition) is 3. The number of hydrogen-bond donors (Lipinski definition) is 2. The third kappa shape index (κ3) is 3.20. The summed E-state index contributed by atoms with van der Waals surface area (Å²) >= 11 is 0. The summed E-state index contributed by atoms with van der Waals surface area (Å²) in [5.41, 5.74) is 1.25. The topological polar surface area (TPSA) is 74.6 Å². The van der Waals surface area contributed by atoms with Gasteiger partial charge in [0.05, 0.1) is 6.10 Å². The number of carboxylic acid groups (broad SMARTS) is 1. The summed E-state index contributed by atoms with van der Waals surface area (Å²) in [6.07, 6.45) is 9.86. The zero-order chi connectivity index (χ0) is 21.8. The number of carbonyl (C=O) groups is 2. The average Bonchev–Trinajstić information content (AvgIpc) is 3.05. The number of Topliss-reactive ketones (excluding diaryl/α,β-unsaturated/α-hetero) is 1. The Labute approximate surface area is 181 Å². The number of aliphatic hydroxyl groups is 1. The van der Waals surface area contributed by atoms with Gasteiger partial charge >= 0.3 is 5.97 Å². The maximum Gasteiger partial charge on any atom is 0.303 e. The molecule has 0 aromatic carbocycles. The van der Waals surface area contributed by atoms with Crippen molar-refractivity contribution in [3.05, 3.63) is 11.6 Å². The van der Waals surface area contributed by atoms with Crippen LogP contribution in [-0.2, 0) is 9.59 Å². The fourth-order valence-electron chi connectivity index (χ4n) is 8.72. The van der Waals surface area contributed by atoms with Gasteiger partial charge in [-0.15, -0.1) is 0 Å². The molecule has 0 bridgehead atoms. The molecule has 9 atom stereocenters. The van der Waals surface area contributed by atoms with Crippen LogP contribution in [-0.4, -0.2) is 28.1 Å². The van der Waals surface area contributed by atoms with Crippen LogP contribution in [0, 0.1) is 46.3 Å². The van der Waals surface area contributed by atoms with Crippen molar-refractivity contribution in [3.63, 3.8) is 0 Å². The van der Waals surface area contributed by atoms with Crippen LogP contribution in [0.2, 0.25) is 0 Å². The Hall–Kier alpha value is -1.16. The lowest BCUT2D eigenvalue weighted by atomic mass is 9.43. The lowest BCUT2D eigenvalue weighted by Crippen LogP contribution is -2.58. The number of carboxylic acids is 1. The Bertz CT molecular complexity index is 741. The van der Waals surface area contributed by atoms with Gasteiger partial charge in [-0.3, -0.25) is 9.59 Å². The quantitative estimate of drug-likeness (QED) is 0.614. The van der Waals surface area contributed by atoms with Gasteiger partial charge in [-0.05, 0) is 104 Å². The average molecular weight is 417 g/mol. The van der Waals surface area contributed by atoms with Crippen LogP contribution < -0.4 is 0 Å². The summed E-state index contributed by atoms with van der Waals surface area (Å²) in [6, 6.07) is 0. The number of carbonyl (C=O) groups excluding carboxylic acids is 1. The summed E-state index contributed by atoms with van der Waals surface area (Å²) in [5, 5.41) is 19.5. The van der Waals surface area contributed by atoms with Crippen molar-refractivity contribution >= 4 is 11.8 Å². The maximum absolute atomic E-state index is 13.8. The Morgan fingerprint density at radius 2 is 1.80 bits per heavy atom. The van der Waals surface area contributed by atoms with Gasteiger partial charge in [0.1, 0.15) is 0 Å². The number of aliphatic hydroxyl groups excluding tert-OH is 1. The van der Waals surface area contributed by atoms with Crippen molar-refractivity contribution in [3.8, 4) is 0 Å². The van der Waals surface area contributed by atoms with E-state index in [-0.39, 0.29) is 35.2 Å². The molecule has 0 spiro atoms. The normalized spacial score (nSPS) is 48.0. The molecule has 0 aliphatic heterocycles. The Balaban J connectivity index is 1.64. The molecule has 4 rings (SSSR count). The van der Waals surface area contributed by atoms with Crippen molar-refractivity contribution in [2.45, 2.75) is 91.6 Å². The van der Waals surface area contributed by atoms with Gasteiger partial charge in [-0.25, -0.2) is 0 Å². The molecule has 0 aromatic rings. The van der Waals surface area contributed by atoms with E-state index in [2.05, 4.69) is 20.8 Å². The number of ketones is 1. The van der Waals surface area contributed by atoms with E-state index < -0.39 is 5.97 Å². The second kappa shape index (κ2) is 7.76. The zero-order valence-electron chi connectivity index (χ0n) is 19.2. The molecule has 0 saturated heterocycles. The Morgan fingerprint density at radius 1 is 1.13 bits per heavy atom. The van der Waals surface area contributed by atoms with Crippen molar-refractivity contribution in [2.75, 3.05) is 0 Å². The molecule has 4 nitrogen and oxygen atoms in total. The minimum absolute atomic E-state index is 0.114. The molecule has 2 N–H and O–H groups in total. The molecule has 4 fully saturated rings. The molecule has 168 valence electrons. The predicted molar refractivity (Wildman–Crippen MR) is 117 cm³/mol. The van der Waals surface area contributed by atoms with Crippen LogP contribution in [0.1, 0.15) is 85.5 Å². The lowest BCUT2D eigenvalue weighted by Gasteiger charge is -2.61. The van der Waals surface area contributed by atoms with Crippen LogP contribution in [0.4, 0.5) is 0 Å². The molecule has 4 aliphatic carbocycles. The van der Waals surface area contributed by atoms with Crippen molar-refractivity contribution in [1.29, 1.82) is 0 Å². The van der Waals surface area contributed by atoms with Gasteiger partial charge in [0.15, 0.2) is 5.78 Å². The number of allylic oxidation sites excluding steroid dienone is 2. The Morgan fingerprint density at radius 3 is 2.47 bits per heavy atom. The van der Waals surface area contributed by atoms with E-state index in [4.69, 9.17) is 5.11 Å². The third-order valence-electron chi connectivity index (χ3n) is 10.3. The summed E-state index contributed by atoms with van der Waals surface area (Å²) in [5.74, 6) is 1.74. The van der Waals surface area contributed by atoms with E-state index in [0.29, 0.717) is 29.5 Å². The van der Waals surface area contributed by atoms with Gasteiger partial charge in [0.25, 0.3) is 0 Å². The Kier molecular flexibility index (Phi) is 5.70. The van der Waals surface area contributed by atoms with Crippen molar-refractivity contribution in [2.24, 2.45) is 46.3 Å². The first-order valence-corrected chi connectivity index (χ1v) is 12.2. The highest BCUT2D eigenvalue weighted by molar-refractivity contribution is 5.99. The van der Waals surface area contributed by atoms with E-state index in [9.17, 15) is 14.7 Å². The number of rotatable bonds is 4. The third-order valence-corrected chi connectivity index (χ3v) is 10.3. The molecular weight excluding hydrogens is 376 g/mol. The highest BCUT2D eigenvalue weighted by Crippen LogP contribution is 2.68. The van der Waals surface area contributed by atoms with Crippen molar-refractivity contribution < 1.29 is 19.8 Å². The molecule has 0 aromatic heterocycles. The van der Waals surface area contributed by atoms with Crippen LogP contribution >= 0.6 is 0 Å². The van der Waals surface area contributed by atoms with Crippen LogP contribution in [0.5, 0.6) is 0 Å². The number of fused-ring (bicyclic) bond motifs is 5. The van der Waals surface area contributed by atoms with E-state index >= 15 is 0 Å². The molecule has 0 amide bonds. The van der Waals surface area contributed by atoms with Gasteiger partial charge in [-0.1, -0.05) is 26.8 Å². The molecule has 4 aliphatic rings. The van der Waals surface area contributed by atoms with Crippen LogP contribution in [0.25, 0.3) is 0 Å². The fourth-order valence-corrected chi connectivity index (χ4v) is 8.72. The van der Waals surface area contributed by atoms with Gasteiger partial charge in [0, 0.05) is 12.3 Å². The molecule has 30 heavy (non-hydrogen) atoms. The zero-order valence-corrected chi connectivity index (χ0v) is 19.2. The highest BCUT2D eigenvalue weighted by atomic mass is 16.4. The van der Waals surface area contributed by atoms with Crippen LogP contribution in [0.3, 0.4) is 0 Å². The molecular formula is C26H40O4. The van der Waals surface area contributed by atoms with Crippen LogP contribution in [0.15, 0.2) is 11.6 Å². The summed E-state index contributed by atoms with van der Waals surface area (Å²) in [6.45, 7) is 9.04. The highest BCUT2D eigenvalue weighted by Gasteiger charge is 2.64. The van der Waals surface area contributed by atoms with Gasteiger partial charge in [-0.2, -0.15) is 0 Å². The lowest BCUT2D eigenvalue weighted by molar-refractivity contribution is -0.150. The summed E-state index contributed by atoms with van der Waals surface area (Å²) < 4.78 is 0. The molecule has 3 unspecified atom stereocenters. The minimum atomic E-state index is -0.705. The number of aliphatic carboxylic acids is 1. The van der Waals surface area contributed by atoms with Crippen molar-refractivity contribution in [1.82, 2.24) is 0 Å². The largest absolute Gasteiger partial charge is 0.481 e. The molecule has 0 heterocycles. The monoisotopic (exact) mass is 416 g/mol. The second-order valence-corrected chi connectivity index (χ2v) is 11.5. The van der Waals surface area contributed by atoms with E-state index in [1.807, 2.05) is 13.0 Å². The summed E-state index contributed by atoms with van der Waals surface area (Å²) in [4.78, 5) is 24.9. The van der Waals surface area contributed by atoms with Gasteiger partial charge in [0.2, 0.25) is 0 Å². The first-order valence-electron chi connectivity index (χ1n) is 12.2. The fraction of sp³-hybridized carbons (Fsp3) is 0.846. The molecule has 4 heteroatoms. The SMILES string of the molecule is C/C=C1\C(=O)C2C(CC[C@]3(C)C([C@H](C)CCC(=O)O)CC[C@@H]23)[C@@]2(C)CC[C@@H](O)C[C@@H]12.